The van der Waals surface area contributed by atoms with Crippen LogP contribution in [0.1, 0.15) is 19.8 Å². The zero-order valence-corrected chi connectivity index (χ0v) is 10.7. The molecule has 0 aromatic heterocycles. The normalized spacial score (nSPS) is 12.7. The first kappa shape index (κ1) is 12.9. The Morgan fingerprint density at radius 1 is 1.40 bits per heavy atom. The van der Waals surface area contributed by atoms with E-state index in [0.717, 1.165) is 16.4 Å². The summed E-state index contributed by atoms with van der Waals surface area (Å²) in [5.74, 6) is 2.31. The van der Waals surface area contributed by atoms with Crippen LogP contribution < -0.4 is 0 Å². The summed E-state index contributed by atoms with van der Waals surface area (Å²) in [5.41, 5.74) is 0. The van der Waals surface area contributed by atoms with Crippen molar-refractivity contribution in [3.63, 3.8) is 0 Å². The Morgan fingerprint density at radius 2 is 2.13 bits per heavy atom. The van der Waals surface area contributed by atoms with Crippen molar-refractivity contribution < 1.29 is 4.39 Å². The number of thiol groups is 1. The minimum Gasteiger partial charge on any atom is -0.206 e. The van der Waals surface area contributed by atoms with Gasteiger partial charge in [-0.05, 0) is 30.2 Å². The maximum absolute atomic E-state index is 13.3. The average Bonchev–Trinajstić information content (AvgIpc) is 2.26. The van der Waals surface area contributed by atoms with E-state index in [2.05, 4.69) is 19.6 Å². The second kappa shape index (κ2) is 7.18. The van der Waals surface area contributed by atoms with Crippen LogP contribution in [0, 0.1) is 11.7 Å². The lowest BCUT2D eigenvalue weighted by atomic mass is 10.1. The molecule has 1 unspecified atom stereocenters. The predicted octanol–water partition coefficient (Wildman–Crippen LogP) is 4.26. The zero-order chi connectivity index (χ0) is 11.1. The fourth-order valence-electron chi connectivity index (χ4n) is 1.40. The highest BCUT2D eigenvalue weighted by molar-refractivity contribution is 7.99. The Balaban J connectivity index is 2.45. The first-order chi connectivity index (χ1) is 7.27. The molecule has 0 aliphatic carbocycles. The number of benzene rings is 1. The summed E-state index contributed by atoms with van der Waals surface area (Å²) in [6.45, 7) is 2.17. The molecule has 0 bridgehead atoms. The van der Waals surface area contributed by atoms with Gasteiger partial charge in [0.1, 0.15) is 5.82 Å². The maximum atomic E-state index is 13.3. The minimum absolute atomic E-state index is 0.114. The third-order valence-electron chi connectivity index (χ3n) is 2.27. The van der Waals surface area contributed by atoms with Gasteiger partial charge in [-0.3, -0.25) is 0 Å². The molecule has 0 amide bonds. The summed E-state index contributed by atoms with van der Waals surface area (Å²) in [4.78, 5) is 0.750. The Bertz CT molecular complexity index is 289. The molecule has 0 saturated heterocycles. The maximum Gasteiger partial charge on any atom is 0.136 e. The second-order valence-electron chi connectivity index (χ2n) is 3.58. The number of rotatable bonds is 6. The molecule has 1 aromatic rings. The lowest BCUT2D eigenvalue weighted by Crippen LogP contribution is -2.05. The van der Waals surface area contributed by atoms with Crippen LogP contribution in [0.5, 0.6) is 0 Å². The van der Waals surface area contributed by atoms with Gasteiger partial charge in [0.15, 0.2) is 0 Å². The molecule has 0 aliphatic rings. The fourth-order valence-corrected chi connectivity index (χ4v) is 2.97. The van der Waals surface area contributed by atoms with Gasteiger partial charge in [-0.15, -0.1) is 11.8 Å². The summed E-state index contributed by atoms with van der Waals surface area (Å²) < 4.78 is 13.3. The molecule has 3 heteroatoms. The van der Waals surface area contributed by atoms with Crippen molar-refractivity contribution in [1.82, 2.24) is 0 Å². The van der Waals surface area contributed by atoms with Gasteiger partial charge in [0.25, 0.3) is 0 Å². The molecule has 0 spiro atoms. The predicted molar refractivity (Wildman–Crippen MR) is 69.4 cm³/mol. The van der Waals surface area contributed by atoms with E-state index in [4.69, 9.17) is 0 Å². The van der Waals surface area contributed by atoms with Crippen molar-refractivity contribution in [3.05, 3.63) is 30.1 Å². The largest absolute Gasteiger partial charge is 0.206 e. The van der Waals surface area contributed by atoms with Crippen LogP contribution in [0.15, 0.2) is 29.2 Å². The Kier molecular flexibility index (Phi) is 6.18. The van der Waals surface area contributed by atoms with Gasteiger partial charge in [0.05, 0.1) is 0 Å². The first-order valence-corrected chi connectivity index (χ1v) is 6.88. The molecule has 0 aliphatic heterocycles. The highest BCUT2D eigenvalue weighted by atomic mass is 32.2. The molecule has 1 atom stereocenters. The SMILES string of the molecule is CCCC(CS)CSc1ccccc1F. The van der Waals surface area contributed by atoms with Crippen LogP contribution in [-0.4, -0.2) is 11.5 Å². The Hall–Kier alpha value is -0.150. The topological polar surface area (TPSA) is 0 Å². The van der Waals surface area contributed by atoms with Gasteiger partial charge in [-0.2, -0.15) is 12.6 Å². The van der Waals surface area contributed by atoms with Crippen molar-refractivity contribution >= 4 is 24.4 Å². The molecule has 0 saturated carbocycles. The van der Waals surface area contributed by atoms with E-state index in [0.29, 0.717) is 5.92 Å². The summed E-state index contributed by atoms with van der Waals surface area (Å²) in [5, 5.41) is 0. The van der Waals surface area contributed by atoms with Crippen LogP contribution in [0.4, 0.5) is 4.39 Å². The summed E-state index contributed by atoms with van der Waals surface area (Å²) in [7, 11) is 0. The van der Waals surface area contributed by atoms with Gasteiger partial charge in [0.2, 0.25) is 0 Å². The highest BCUT2D eigenvalue weighted by Gasteiger charge is 2.08. The third-order valence-corrected chi connectivity index (χ3v) is 4.06. The van der Waals surface area contributed by atoms with Crippen molar-refractivity contribution in [2.24, 2.45) is 5.92 Å². The monoisotopic (exact) mass is 244 g/mol. The van der Waals surface area contributed by atoms with E-state index >= 15 is 0 Å². The molecule has 15 heavy (non-hydrogen) atoms. The lowest BCUT2D eigenvalue weighted by molar-refractivity contribution is 0.589. The van der Waals surface area contributed by atoms with Gasteiger partial charge in [-0.1, -0.05) is 25.5 Å². The molecule has 1 aromatic carbocycles. The Labute approximate surface area is 101 Å². The third kappa shape index (κ3) is 4.47. The van der Waals surface area contributed by atoms with Crippen molar-refractivity contribution in [1.29, 1.82) is 0 Å². The first-order valence-electron chi connectivity index (χ1n) is 5.26. The molecule has 0 fully saturated rings. The van der Waals surface area contributed by atoms with E-state index < -0.39 is 0 Å². The molecule has 84 valence electrons. The lowest BCUT2D eigenvalue weighted by Gasteiger charge is -2.12. The fraction of sp³-hybridized carbons (Fsp3) is 0.500. The zero-order valence-electron chi connectivity index (χ0n) is 8.95. The van der Waals surface area contributed by atoms with Gasteiger partial charge >= 0.3 is 0 Å². The number of thioether (sulfide) groups is 1. The minimum atomic E-state index is -0.114. The number of hydrogen-bond donors (Lipinski definition) is 1. The quantitative estimate of drug-likeness (QED) is 0.576. The van der Waals surface area contributed by atoms with Gasteiger partial charge in [-0.25, -0.2) is 4.39 Å². The van der Waals surface area contributed by atoms with Crippen molar-refractivity contribution in [2.75, 3.05) is 11.5 Å². The summed E-state index contributed by atoms with van der Waals surface area (Å²) in [6.07, 6.45) is 2.34. The molecule has 1 rings (SSSR count). The van der Waals surface area contributed by atoms with Gasteiger partial charge < -0.3 is 0 Å². The summed E-state index contributed by atoms with van der Waals surface area (Å²) >= 11 is 5.91. The average molecular weight is 244 g/mol. The number of halogens is 1. The van der Waals surface area contributed by atoms with E-state index in [1.165, 1.54) is 18.9 Å². The van der Waals surface area contributed by atoms with Crippen LogP contribution in [-0.2, 0) is 0 Å². The molecule has 0 nitrogen and oxygen atoms in total. The van der Waals surface area contributed by atoms with E-state index in [1.807, 2.05) is 12.1 Å². The molecule has 0 radical (unpaired) electrons. The van der Waals surface area contributed by atoms with E-state index in [9.17, 15) is 4.39 Å². The van der Waals surface area contributed by atoms with Gasteiger partial charge in [0, 0.05) is 10.6 Å². The van der Waals surface area contributed by atoms with E-state index in [-0.39, 0.29) is 5.82 Å². The molecular formula is C12H17FS2. The van der Waals surface area contributed by atoms with Crippen molar-refractivity contribution in [3.8, 4) is 0 Å². The standard InChI is InChI=1S/C12H17FS2/c1-2-5-10(8-14)9-15-12-7-4-3-6-11(12)13/h3-4,6-7,10,14H,2,5,8-9H2,1H3. The molecule has 0 heterocycles. The molecular weight excluding hydrogens is 227 g/mol. The Morgan fingerprint density at radius 3 is 2.73 bits per heavy atom. The number of hydrogen-bond acceptors (Lipinski definition) is 2. The van der Waals surface area contributed by atoms with Crippen LogP contribution in [0.25, 0.3) is 0 Å². The van der Waals surface area contributed by atoms with E-state index in [1.54, 1.807) is 17.8 Å². The summed E-state index contributed by atoms with van der Waals surface area (Å²) in [6, 6.07) is 6.95. The second-order valence-corrected chi connectivity index (χ2v) is 5.01. The van der Waals surface area contributed by atoms with Crippen LogP contribution in [0.3, 0.4) is 0 Å². The molecule has 0 N–H and O–H groups in total. The van der Waals surface area contributed by atoms with Crippen LogP contribution >= 0.6 is 24.4 Å². The van der Waals surface area contributed by atoms with Crippen LogP contribution in [0.2, 0.25) is 0 Å². The highest BCUT2D eigenvalue weighted by Crippen LogP contribution is 2.25. The van der Waals surface area contributed by atoms with Crippen molar-refractivity contribution in [2.45, 2.75) is 24.7 Å². The smallest absolute Gasteiger partial charge is 0.136 e.